The number of carbonyl (C=O) groups excluding carboxylic acids is 1. The molecule has 17 heavy (non-hydrogen) atoms. The number of rotatable bonds is 2. The van der Waals surface area contributed by atoms with Gasteiger partial charge in [-0.05, 0) is 26.0 Å². The molecule has 88 valence electrons. The van der Waals surface area contributed by atoms with E-state index in [4.69, 9.17) is 4.74 Å². The quantitative estimate of drug-likeness (QED) is 0.863. The fourth-order valence-corrected chi connectivity index (χ4v) is 1.52. The van der Waals surface area contributed by atoms with E-state index in [0.29, 0.717) is 11.3 Å². The number of nitrogens with zero attached hydrogens (tertiary/aromatic N) is 1. The minimum absolute atomic E-state index is 0.0467. The van der Waals surface area contributed by atoms with Crippen molar-refractivity contribution in [2.45, 2.75) is 19.9 Å². The van der Waals surface area contributed by atoms with Gasteiger partial charge in [0.05, 0.1) is 0 Å². The van der Waals surface area contributed by atoms with E-state index in [9.17, 15) is 4.79 Å². The van der Waals surface area contributed by atoms with Gasteiger partial charge in [0.2, 0.25) is 0 Å². The van der Waals surface area contributed by atoms with E-state index in [1.54, 1.807) is 12.3 Å². The van der Waals surface area contributed by atoms with Crippen LogP contribution in [0.4, 0.5) is 4.79 Å². The van der Waals surface area contributed by atoms with Crippen LogP contribution in [0.1, 0.15) is 13.8 Å². The number of nitrogens with one attached hydrogen (secondary N) is 1. The molecule has 0 bridgehead atoms. The van der Waals surface area contributed by atoms with E-state index < -0.39 is 6.09 Å². The van der Waals surface area contributed by atoms with Crippen molar-refractivity contribution >= 4 is 17.0 Å². The highest BCUT2D eigenvalue weighted by atomic mass is 16.6. The number of aromatic nitrogens is 1. The average molecular weight is 230 g/mol. The summed E-state index contributed by atoms with van der Waals surface area (Å²) in [5.74, 6) is 0.473. The molecule has 2 aromatic rings. The number of hydrogen-bond acceptors (Lipinski definition) is 3. The van der Waals surface area contributed by atoms with Crippen LogP contribution in [-0.4, -0.2) is 17.1 Å². The molecule has 2 rings (SSSR count). The van der Waals surface area contributed by atoms with Crippen LogP contribution in [0.15, 0.2) is 36.5 Å². The molecule has 4 nitrogen and oxygen atoms in total. The van der Waals surface area contributed by atoms with E-state index in [2.05, 4.69) is 10.3 Å². The number of para-hydroxylation sites is 1. The summed E-state index contributed by atoms with van der Waals surface area (Å²) in [4.78, 5) is 15.7. The van der Waals surface area contributed by atoms with Crippen LogP contribution >= 0.6 is 0 Å². The van der Waals surface area contributed by atoms with Gasteiger partial charge in [-0.2, -0.15) is 0 Å². The lowest BCUT2D eigenvalue weighted by Gasteiger charge is -2.10. The number of amides is 1. The van der Waals surface area contributed by atoms with Crippen LogP contribution in [0.5, 0.6) is 5.75 Å². The fourth-order valence-electron chi connectivity index (χ4n) is 1.52. The van der Waals surface area contributed by atoms with Crippen LogP contribution in [0.2, 0.25) is 0 Å². The Bertz CT molecular complexity index is 532. The second-order valence-electron chi connectivity index (χ2n) is 4.02. The van der Waals surface area contributed by atoms with E-state index in [1.807, 2.05) is 38.1 Å². The Labute approximate surface area is 99.6 Å². The molecule has 0 unspecified atom stereocenters. The number of benzene rings is 1. The van der Waals surface area contributed by atoms with E-state index in [-0.39, 0.29) is 6.04 Å². The van der Waals surface area contributed by atoms with E-state index >= 15 is 0 Å². The van der Waals surface area contributed by atoms with Gasteiger partial charge in [-0.25, -0.2) is 4.79 Å². The molecule has 0 spiro atoms. The van der Waals surface area contributed by atoms with Crippen LogP contribution in [0, 0.1) is 0 Å². The molecule has 1 amide bonds. The van der Waals surface area contributed by atoms with E-state index in [0.717, 1.165) is 5.39 Å². The molecule has 1 heterocycles. The monoisotopic (exact) mass is 230 g/mol. The molecule has 1 aromatic heterocycles. The SMILES string of the molecule is CC(C)NC(=O)Oc1cccc2cccnc12. The van der Waals surface area contributed by atoms with Crippen molar-refractivity contribution in [2.75, 3.05) is 0 Å². The predicted molar refractivity (Wildman–Crippen MR) is 66.0 cm³/mol. The van der Waals surface area contributed by atoms with Gasteiger partial charge in [-0.3, -0.25) is 4.98 Å². The Morgan fingerprint density at radius 3 is 2.82 bits per heavy atom. The predicted octanol–water partition coefficient (Wildman–Crippen LogP) is 2.73. The summed E-state index contributed by atoms with van der Waals surface area (Å²) in [6, 6.07) is 9.31. The van der Waals surface area contributed by atoms with Crippen LogP contribution in [0.3, 0.4) is 0 Å². The molecule has 0 radical (unpaired) electrons. The lowest BCUT2D eigenvalue weighted by Crippen LogP contribution is -2.32. The highest BCUT2D eigenvalue weighted by Gasteiger charge is 2.09. The maximum atomic E-state index is 11.5. The number of hydrogen-bond donors (Lipinski definition) is 1. The van der Waals surface area contributed by atoms with Crippen molar-refractivity contribution in [2.24, 2.45) is 0 Å². The third kappa shape index (κ3) is 2.72. The summed E-state index contributed by atoms with van der Waals surface area (Å²) in [6.45, 7) is 3.76. The Balaban J connectivity index is 2.27. The lowest BCUT2D eigenvalue weighted by molar-refractivity contribution is 0.198. The largest absolute Gasteiger partial charge is 0.412 e. The molecule has 0 saturated carbocycles. The second-order valence-corrected chi connectivity index (χ2v) is 4.02. The zero-order valence-electron chi connectivity index (χ0n) is 9.81. The molecule has 0 aliphatic rings. The number of ether oxygens (including phenoxy) is 1. The molecular formula is C13H14N2O2. The van der Waals surface area contributed by atoms with Crippen LogP contribution in [-0.2, 0) is 0 Å². The molecular weight excluding hydrogens is 216 g/mol. The Kier molecular flexibility index (Phi) is 3.23. The maximum absolute atomic E-state index is 11.5. The van der Waals surface area contributed by atoms with Crippen LogP contribution < -0.4 is 10.1 Å². The number of carbonyl (C=O) groups is 1. The lowest BCUT2D eigenvalue weighted by atomic mass is 10.2. The molecule has 1 N–H and O–H groups in total. The van der Waals surface area contributed by atoms with Crippen molar-refractivity contribution in [1.82, 2.24) is 10.3 Å². The first-order chi connectivity index (χ1) is 8.16. The Hall–Kier alpha value is -2.10. The fraction of sp³-hybridized carbons (Fsp3) is 0.231. The minimum atomic E-state index is -0.460. The van der Waals surface area contributed by atoms with Gasteiger partial charge in [-0.1, -0.05) is 18.2 Å². The summed E-state index contributed by atoms with van der Waals surface area (Å²) < 4.78 is 5.23. The maximum Gasteiger partial charge on any atom is 0.412 e. The third-order valence-corrected chi connectivity index (χ3v) is 2.20. The van der Waals surface area contributed by atoms with Gasteiger partial charge in [0.15, 0.2) is 5.75 Å². The molecule has 0 atom stereocenters. The average Bonchev–Trinajstić information content (AvgIpc) is 2.28. The topological polar surface area (TPSA) is 51.2 Å². The minimum Gasteiger partial charge on any atom is -0.408 e. The summed E-state index contributed by atoms with van der Waals surface area (Å²) in [7, 11) is 0. The van der Waals surface area contributed by atoms with Gasteiger partial charge in [0, 0.05) is 17.6 Å². The smallest absolute Gasteiger partial charge is 0.408 e. The van der Waals surface area contributed by atoms with Crippen LogP contribution in [0.25, 0.3) is 10.9 Å². The van der Waals surface area contributed by atoms with Gasteiger partial charge in [0.1, 0.15) is 5.52 Å². The van der Waals surface area contributed by atoms with Gasteiger partial charge in [0.25, 0.3) is 0 Å². The molecule has 4 heteroatoms. The summed E-state index contributed by atoms with van der Waals surface area (Å²) >= 11 is 0. The van der Waals surface area contributed by atoms with Gasteiger partial charge < -0.3 is 10.1 Å². The van der Waals surface area contributed by atoms with Crippen molar-refractivity contribution in [3.63, 3.8) is 0 Å². The first-order valence-electron chi connectivity index (χ1n) is 5.49. The molecule has 0 fully saturated rings. The normalized spacial score (nSPS) is 10.5. The summed E-state index contributed by atoms with van der Waals surface area (Å²) in [5.41, 5.74) is 0.689. The standard InChI is InChI=1S/C13H14N2O2/c1-9(2)15-13(16)17-11-7-3-5-10-6-4-8-14-12(10)11/h3-9H,1-2H3,(H,15,16). The molecule has 0 aliphatic carbocycles. The zero-order chi connectivity index (χ0) is 12.3. The Morgan fingerprint density at radius 2 is 2.06 bits per heavy atom. The highest BCUT2D eigenvalue weighted by Crippen LogP contribution is 2.22. The van der Waals surface area contributed by atoms with Crippen molar-refractivity contribution in [1.29, 1.82) is 0 Å². The van der Waals surface area contributed by atoms with Crippen molar-refractivity contribution in [3.05, 3.63) is 36.5 Å². The molecule has 0 aliphatic heterocycles. The number of fused-ring (bicyclic) bond motifs is 1. The first-order valence-corrected chi connectivity index (χ1v) is 5.49. The van der Waals surface area contributed by atoms with Gasteiger partial charge >= 0.3 is 6.09 Å². The number of pyridine rings is 1. The van der Waals surface area contributed by atoms with E-state index in [1.165, 1.54) is 0 Å². The molecule has 1 aromatic carbocycles. The highest BCUT2D eigenvalue weighted by molar-refractivity contribution is 5.86. The summed E-state index contributed by atoms with van der Waals surface area (Å²) in [6.07, 6.45) is 1.22. The Morgan fingerprint density at radius 1 is 1.29 bits per heavy atom. The summed E-state index contributed by atoms with van der Waals surface area (Å²) in [5, 5.41) is 3.61. The van der Waals surface area contributed by atoms with Crippen molar-refractivity contribution in [3.8, 4) is 5.75 Å². The first kappa shape index (κ1) is 11.4. The second kappa shape index (κ2) is 4.82. The van der Waals surface area contributed by atoms with Gasteiger partial charge in [-0.15, -0.1) is 0 Å². The third-order valence-electron chi connectivity index (χ3n) is 2.20. The van der Waals surface area contributed by atoms with Crippen molar-refractivity contribution < 1.29 is 9.53 Å². The molecule has 0 saturated heterocycles. The zero-order valence-corrected chi connectivity index (χ0v) is 9.81.